The molecule has 0 saturated carbocycles. The van der Waals surface area contributed by atoms with Crippen LogP contribution in [0.3, 0.4) is 0 Å². The van der Waals surface area contributed by atoms with Gasteiger partial charge in [-0.15, -0.1) is 0 Å². The maximum Gasteiger partial charge on any atom is 0.137 e. The van der Waals surface area contributed by atoms with Gasteiger partial charge in [0.25, 0.3) is 0 Å². The fraction of sp³-hybridized carbons (Fsp3) is 0.471. The predicted molar refractivity (Wildman–Crippen MR) is 79.2 cm³/mol. The van der Waals surface area contributed by atoms with Crippen LogP contribution in [0.15, 0.2) is 28.8 Å². The second-order valence-corrected chi connectivity index (χ2v) is 5.87. The van der Waals surface area contributed by atoms with E-state index in [1.165, 1.54) is 12.1 Å². The number of benzene rings is 1. The average Bonchev–Trinajstić information content (AvgIpc) is 3.07. The largest absolute Gasteiger partial charge is 0.361 e. The Morgan fingerprint density at radius 1 is 1.23 bits per heavy atom. The van der Waals surface area contributed by atoms with Crippen LogP contribution in [0.25, 0.3) is 0 Å². The first-order valence-electron chi connectivity index (χ1n) is 7.80. The Morgan fingerprint density at radius 3 is 2.73 bits per heavy atom. The molecule has 3 nitrogen and oxygen atoms in total. The second kappa shape index (κ2) is 6.57. The van der Waals surface area contributed by atoms with Crippen LogP contribution in [-0.4, -0.2) is 16.6 Å². The lowest BCUT2D eigenvalue weighted by Gasteiger charge is -2.22. The third-order valence-electron chi connectivity index (χ3n) is 4.09. The summed E-state index contributed by atoms with van der Waals surface area (Å²) in [4.78, 5) is 2.21. The summed E-state index contributed by atoms with van der Waals surface area (Å²) in [6, 6.07) is 5.87. The van der Waals surface area contributed by atoms with Gasteiger partial charge in [-0.1, -0.05) is 12.1 Å². The van der Waals surface area contributed by atoms with E-state index in [1.807, 2.05) is 6.07 Å². The number of halogens is 2. The van der Waals surface area contributed by atoms with Gasteiger partial charge in [-0.05, 0) is 43.5 Å². The van der Waals surface area contributed by atoms with Crippen molar-refractivity contribution < 1.29 is 13.3 Å². The van der Waals surface area contributed by atoms with Crippen LogP contribution in [-0.2, 0) is 13.0 Å². The van der Waals surface area contributed by atoms with Crippen LogP contribution in [0.5, 0.6) is 0 Å². The van der Waals surface area contributed by atoms with Gasteiger partial charge in [0.1, 0.15) is 23.1 Å². The first-order valence-corrected chi connectivity index (χ1v) is 7.80. The van der Waals surface area contributed by atoms with E-state index < -0.39 is 11.6 Å². The van der Waals surface area contributed by atoms with Gasteiger partial charge in [0.2, 0.25) is 0 Å². The lowest BCUT2D eigenvalue weighted by Crippen LogP contribution is -2.23. The van der Waals surface area contributed by atoms with Gasteiger partial charge in [-0.2, -0.15) is 0 Å². The molecule has 0 amide bonds. The van der Waals surface area contributed by atoms with Gasteiger partial charge < -0.3 is 4.52 Å². The average molecular weight is 306 g/mol. The maximum absolute atomic E-state index is 13.3. The summed E-state index contributed by atoms with van der Waals surface area (Å²) in [6.45, 7) is 3.52. The number of rotatable bonds is 5. The minimum Gasteiger partial charge on any atom is -0.361 e. The molecule has 1 aliphatic rings. The van der Waals surface area contributed by atoms with Crippen molar-refractivity contribution in [2.24, 2.45) is 0 Å². The molecule has 1 aromatic heterocycles. The van der Waals surface area contributed by atoms with Crippen LogP contribution in [0.1, 0.15) is 49.2 Å². The molecule has 3 rings (SSSR count). The van der Waals surface area contributed by atoms with E-state index in [2.05, 4.69) is 17.0 Å². The fourth-order valence-corrected chi connectivity index (χ4v) is 3.14. The monoisotopic (exact) mass is 306 g/mol. The fourth-order valence-electron chi connectivity index (χ4n) is 3.14. The smallest absolute Gasteiger partial charge is 0.137 e. The highest BCUT2D eigenvalue weighted by Crippen LogP contribution is 2.33. The van der Waals surface area contributed by atoms with Gasteiger partial charge in [0, 0.05) is 25.1 Å². The molecule has 0 aliphatic carbocycles. The summed E-state index contributed by atoms with van der Waals surface area (Å²) in [5, 5.41) is 4.18. The molecule has 5 heteroatoms. The number of likely N-dealkylation sites (tertiary alicyclic amines) is 1. The number of aryl methyl sites for hydroxylation is 1. The number of hydrogen-bond donors (Lipinski definition) is 0. The highest BCUT2D eigenvalue weighted by Gasteiger charge is 2.28. The van der Waals surface area contributed by atoms with Crippen molar-refractivity contribution in [3.8, 4) is 0 Å². The van der Waals surface area contributed by atoms with Crippen molar-refractivity contribution >= 4 is 0 Å². The molecule has 0 unspecified atom stereocenters. The molecular formula is C17H20F2N2O. The Bertz CT molecular complexity index is 621. The molecule has 2 heterocycles. The van der Waals surface area contributed by atoms with E-state index in [0.717, 1.165) is 49.7 Å². The Kier molecular flexibility index (Phi) is 4.52. The Hall–Kier alpha value is -1.75. The molecule has 0 spiro atoms. The second-order valence-electron chi connectivity index (χ2n) is 5.87. The molecule has 22 heavy (non-hydrogen) atoms. The van der Waals surface area contributed by atoms with Crippen LogP contribution < -0.4 is 0 Å². The third-order valence-corrected chi connectivity index (χ3v) is 4.09. The van der Waals surface area contributed by atoms with Crippen molar-refractivity contribution in [1.82, 2.24) is 10.1 Å². The van der Waals surface area contributed by atoms with Crippen molar-refractivity contribution in [2.75, 3.05) is 6.54 Å². The van der Waals surface area contributed by atoms with E-state index >= 15 is 0 Å². The van der Waals surface area contributed by atoms with Crippen LogP contribution in [0.2, 0.25) is 0 Å². The lowest BCUT2D eigenvalue weighted by molar-refractivity contribution is 0.236. The molecule has 1 saturated heterocycles. The lowest BCUT2D eigenvalue weighted by atomic mass is 10.1. The van der Waals surface area contributed by atoms with E-state index in [-0.39, 0.29) is 6.04 Å². The molecule has 118 valence electrons. The first kappa shape index (κ1) is 15.2. The molecule has 1 aromatic carbocycles. The van der Waals surface area contributed by atoms with E-state index in [4.69, 9.17) is 4.52 Å². The van der Waals surface area contributed by atoms with Gasteiger partial charge in [-0.3, -0.25) is 4.90 Å². The molecule has 2 aromatic rings. The predicted octanol–water partition coefficient (Wildman–Crippen LogP) is 4.24. The zero-order valence-electron chi connectivity index (χ0n) is 12.7. The highest BCUT2D eigenvalue weighted by molar-refractivity contribution is 5.19. The molecular weight excluding hydrogens is 286 g/mol. The summed E-state index contributed by atoms with van der Waals surface area (Å²) in [5.41, 5.74) is 1.58. The third kappa shape index (κ3) is 3.35. The highest BCUT2D eigenvalue weighted by atomic mass is 19.1. The first-order chi connectivity index (χ1) is 10.7. The zero-order chi connectivity index (χ0) is 15.5. The molecule has 0 N–H and O–H groups in total. The molecule has 0 bridgehead atoms. The summed E-state index contributed by atoms with van der Waals surface area (Å²) >= 11 is 0. The normalized spacial score (nSPS) is 19.0. The molecule has 1 aliphatic heterocycles. The number of aromatic nitrogens is 1. The number of nitrogens with zero attached hydrogens (tertiary/aromatic N) is 2. The Morgan fingerprint density at radius 2 is 2.00 bits per heavy atom. The Labute approximate surface area is 128 Å². The van der Waals surface area contributed by atoms with Crippen molar-refractivity contribution in [2.45, 2.75) is 45.2 Å². The van der Waals surface area contributed by atoms with E-state index in [9.17, 15) is 8.78 Å². The van der Waals surface area contributed by atoms with Gasteiger partial charge in [0.15, 0.2) is 0 Å². The minimum atomic E-state index is -0.530. The van der Waals surface area contributed by atoms with E-state index in [1.54, 1.807) is 0 Å². The zero-order valence-corrected chi connectivity index (χ0v) is 12.7. The van der Waals surface area contributed by atoms with Crippen molar-refractivity contribution in [1.29, 1.82) is 0 Å². The van der Waals surface area contributed by atoms with Crippen LogP contribution in [0.4, 0.5) is 8.78 Å². The van der Waals surface area contributed by atoms with Crippen LogP contribution in [0, 0.1) is 11.6 Å². The summed E-state index contributed by atoms with van der Waals surface area (Å²) in [6.07, 6.45) is 3.95. The topological polar surface area (TPSA) is 29.3 Å². The van der Waals surface area contributed by atoms with Gasteiger partial charge in [0.05, 0.1) is 6.04 Å². The van der Waals surface area contributed by atoms with Crippen LogP contribution >= 0.6 is 0 Å². The van der Waals surface area contributed by atoms with Crippen molar-refractivity contribution in [3.05, 3.63) is 52.9 Å². The van der Waals surface area contributed by atoms with Gasteiger partial charge in [-0.25, -0.2) is 8.78 Å². The minimum absolute atomic E-state index is 0.167. The molecule has 1 atom stereocenters. The quantitative estimate of drug-likeness (QED) is 0.827. The maximum atomic E-state index is 13.3. The standard InChI is InChI=1S/C17H20F2N2O/c1-2-4-15-10-16(20-22-15)17-5-3-6-21(17)11-12-7-13(18)9-14(19)8-12/h7-10,17H,2-6,11H2,1H3/t17-/m0/s1. The Balaban J connectivity index is 1.74. The number of hydrogen-bond acceptors (Lipinski definition) is 3. The summed E-state index contributed by atoms with van der Waals surface area (Å²) < 4.78 is 32.0. The van der Waals surface area contributed by atoms with Gasteiger partial charge >= 0.3 is 0 Å². The molecule has 0 radical (unpaired) electrons. The summed E-state index contributed by atoms with van der Waals surface area (Å²) in [7, 11) is 0. The molecule has 1 fully saturated rings. The van der Waals surface area contributed by atoms with E-state index in [0.29, 0.717) is 12.1 Å². The SMILES string of the molecule is CCCc1cc([C@@H]2CCCN2Cc2cc(F)cc(F)c2)no1. The summed E-state index contributed by atoms with van der Waals surface area (Å²) in [5.74, 6) is -0.156. The van der Waals surface area contributed by atoms with Crippen molar-refractivity contribution in [3.63, 3.8) is 0 Å².